The summed E-state index contributed by atoms with van der Waals surface area (Å²) in [6.07, 6.45) is 7.15. The zero-order chi connectivity index (χ0) is 19.5. The molecule has 0 amide bonds. The first-order valence-corrected chi connectivity index (χ1v) is 13.2. The molecule has 5 aromatic rings. The molecule has 5 nitrogen and oxygen atoms in total. The van der Waals surface area contributed by atoms with Gasteiger partial charge in [0.05, 0.1) is 0 Å². The number of fused-ring (bicyclic) bond motifs is 3. The van der Waals surface area contributed by atoms with Gasteiger partial charge in [-0.2, -0.15) is 0 Å². The Hall–Kier alpha value is -2.55. The SMILES string of the molecule is O=C1C(=Cc2ccc(-n3ccc4nccnc43)[te]2)C(=O)c2cc3c[se]cc3cc21. The summed E-state index contributed by atoms with van der Waals surface area (Å²) >= 11 is -0.422. The predicted octanol–water partition coefficient (Wildman–Crippen LogP) is 3.15. The Kier molecular flexibility index (Phi) is 3.87. The second kappa shape index (κ2) is 6.48. The molecule has 138 valence electrons. The number of carbonyl (C=O) groups is 2. The minimum absolute atomic E-state index is 0.153. The molecule has 1 aliphatic rings. The molecular formula is C22H11N3O2SeTe. The van der Waals surface area contributed by atoms with E-state index in [9.17, 15) is 9.59 Å². The van der Waals surface area contributed by atoms with Crippen LogP contribution in [0.25, 0.3) is 31.7 Å². The van der Waals surface area contributed by atoms with Crippen molar-refractivity contribution in [2.75, 3.05) is 0 Å². The first-order chi connectivity index (χ1) is 14.2. The van der Waals surface area contributed by atoms with Crippen molar-refractivity contribution in [3.63, 3.8) is 0 Å². The summed E-state index contributed by atoms with van der Waals surface area (Å²) in [6.45, 7) is 0. The molecule has 0 spiro atoms. The Bertz CT molecular complexity index is 1450. The van der Waals surface area contributed by atoms with Crippen LogP contribution in [-0.2, 0) is 0 Å². The number of benzene rings is 1. The molecule has 6 rings (SSSR count). The van der Waals surface area contributed by atoms with Crippen molar-refractivity contribution in [1.82, 2.24) is 14.5 Å². The van der Waals surface area contributed by atoms with Gasteiger partial charge in [0, 0.05) is 0 Å². The summed E-state index contributed by atoms with van der Waals surface area (Å²) in [5.74, 6) is -0.306. The molecule has 7 heteroatoms. The van der Waals surface area contributed by atoms with E-state index >= 15 is 0 Å². The van der Waals surface area contributed by atoms with E-state index in [1.165, 1.54) is 3.70 Å². The van der Waals surface area contributed by atoms with Gasteiger partial charge in [0.15, 0.2) is 0 Å². The molecule has 4 aromatic heterocycles. The van der Waals surface area contributed by atoms with E-state index in [0.29, 0.717) is 25.6 Å². The van der Waals surface area contributed by atoms with Gasteiger partial charge in [-0.25, -0.2) is 0 Å². The van der Waals surface area contributed by atoms with Crippen LogP contribution in [0.4, 0.5) is 0 Å². The molecule has 0 bridgehead atoms. The first kappa shape index (κ1) is 17.3. The number of allylic oxidation sites excluding steroid dienone is 1. The molecule has 0 atom stereocenters. The molecule has 1 aliphatic carbocycles. The monoisotopic (exact) mass is 559 g/mol. The van der Waals surface area contributed by atoms with E-state index in [1.54, 1.807) is 18.5 Å². The normalized spacial score (nSPS) is 13.6. The van der Waals surface area contributed by atoms with Crippen molar-refractivity contribution in [3.05, 3.63) is 79.1 Å². The van der Waals surface area contributed by atoms with Crippen molar-refractivity contribution in [2.45, 2.75) is 0 Å². The third-order valence-corrected chi connectivity index (χ3v) is 9.62. The Morgan fingerprint density at radius 2 is 1.66 bits per heavy atom. The topological polar surface area (TPSA) is 64.8 Å². The van der Waals surface area contributed by atoms with Crippen LogP contribution in [0.5, 0.6) is 0 Å². The third-order valence-electron chi connectivity index (χ3n) is 5.04. The summed E-state index contributed by atoms with van der Waals surface area (Å²) in [5, 5.41) is 2.15. The Morgan fingerprint density at radius 3 is 2.41 bits per heavy atom. The van der Waals surface area contributed by atoms with Crippen molar-refractivity contribution in [2.24, 2.45) is 0 Å². The molecule has 0 saturated heterocycles. The van der Waals surface area contributed by atoms with E-state index in [2.05, 4.69) is 30.5 Å². The summed E-state index contributed by atoms with van der Waals surface area (Å²) in [6, 6.07) is 9.78. The van der Waals surface area contributed by atoms with Gasteiger partial charge >= 0.3 is 181 Å². The summed E-state index contributed by atoms with van der Waals surface area (Å²) < 4.78 is 4.28. The van der Waals surface area contributed by atoms with Gasteiger partial charge in [-0.15, -0.1) is 0 Å². The molecule has 1 aromatic carbocycles. The second-order valence-corrected chi connectivity index (χ2v) is 11.4. The van der Waals surface area contributed by atoms with Crippen LogP contribution in [0.1, 0.15) is 24.3 Å². The average molecular weight is 556 g/mol. The zero-order valence-electron chi connectivity index (χ0n) is 14.8. The molecular weight excluding hydrogens is 545 g/mol. The fraction of sp³-hybridized carbons (Fsp3) is 0. The Labute approximate surface area is 180 Å². The van der Waals surface area contributed by atoms with E-state index in [1.807, 2.05) is 30.5 Å². The van der Waals surface area contributed by atoms with Crippen LogP contribution in [-0.4, -0.2) is 61.0 Å². The Morgan fingerprint density at radius 1 is 0.931 bits per heavy atom. The Balaban J connectivity index is 1.41. The van der Waals surface area contributed by atoms with Gasteiger partial charge in [-0.1, -0.05) is 0 Å². The second-order valence-electron chi connectivity index (χ2n) is 6.74. The van der Waals surface area contributed by atoms with Gasteiger partial charge in [-0.3, -0.25) is 0 Å². The molecule has 4 heterocycles. The number of nitrogens with zero attached hydrogens (tertiary/aromatic N) is 3. The van der Waals surface area contributed by atoms with E-state index < -0.39 is 20.4 Å². The minimum atomic E-state index is -0.739. The van der Waals surface area contributed by atoms with Crippen molar-refractivity contribution < 1.29 is 9.59 Å². The van der Waals surface area contributed by atoms with Gasteiger partial charge in [0.25, 0.3) is 0 Å². The molecule has 0 unspecified atom stereocenters. The average Bonchev–Trinajstić information content (AvgIpc) is 3.50. The predicted molar refractivity (Wildman–Crippen MR) is 113 cm³/mol. The maximum absolute atomic E-state index is 12.9. The molecule has 0 fully saturated rings. The van der Waals surface area contributed by atoms with Gasteiger partial charge in [-0.05, 0) is 0 Å². The van der Waals surface area contributed by atoms with E-state index in [-0.39, 0.29) is 17.1 Å². The number of aromatic nitrogens is 3. The third kappa shape index (κ3) is 2.67. The summed E-state index contributed by atoms with van der Waals surface area (Å²) in [7, 11) is 0. The summed E-state index contributed by atoms with van der Waals surface area (Å²) in [5.41, 5.74) is 3.06. The van der Waals surface area contributed by atoms with Crippen molar-refractivity contribution in [3.8, 4) is 3.70 Å². The number of rotatable bonds is 2. The van der Waals surface area contributed by atoms with Gasteiger partial charge < -0.3 is 0 Å². The maximum atomic E-state index is 12.9. The van der Waals surface area contributed by atoms with Crippen LogP contribution in [0.2, 0.25) is 0 Å². The van der Waals surface area contributed by atoms with Gasteiger partial charge in [0.1, 0.15) is 0 Å². The van der Waals surface area contributed by atoms with Crippen LogP contribution in [0.15, 0.2) is 64.4 Å². The van der Waals surface area contributed by atoms with Crippen LogP contribution >= 0.6 is 0 Å². The first-order valence-electron chi connectivity index (χ1n) is 8.88. The quantitative estimate of drug-likeness (QED) is 0.191. The number of Topliss-reactive ketones (excluding diaryl/α,β-unsaturated/α-hetero) is 2. The molecule has 0 radical (unpaired) electrons. The summed E-state index contributed by atoms with van der Waals surface area (Å²) in [4.78, 5) is 38.9. The molecule has 29 heavy (non-hydrogen) atoms. The van der Waals surface area contributed by atoms with E-state index in [4.69, 9.17) is 0 Å². The van der Waals surface area contributed by atoms with Crippen LogP contribution in [0, 0.1) is 0 Å². The standard InChI is InChI=1S/C22H11N3O2SeTe/c26-20-15-7-12-10-28-11-13(12)8-16(15)21(27)17(20)9-14-1-2-19(29-14)25-6-3-18-22(25)24-5-4-23-18/h1-11H. The molecule has 0 saturated carbocycles. The van der Waals surface area contributed by atoms with E-state index in [0.717, 1.165) is 25.5 Å². The van der Waals surface area contributed by atoms with Crippen molar-refractivity contribution in [1.29, 1.82) is 0 Å². The number of carbonyl (C=O) groups excluding carboxylic acids is 2. The number of hydrogen-bond acceptors (Lipinski definition) is 4. The molecule has 0 aliphatic heterocycles. The fourth-order valence-corrected chi connectivity index (χ4v) is 7.93. The number of hydrogen-bond donors (Lipinski definition) is 0. The fourth-order valence-electron chi connectivity index (χ4n) is 3.65. The zero-order valence-corrected chi connectivity index (χ0v) is 18.9. The molecule has 0 N–H and O–H groups in total. The number of ketones is 2. The van der Waals surface area contributed by atoms with Crippen LogP contribution < -0.4 is 0 Å². The van der Waals surface area contributed by atoms with Crippen LogP contribution in [0.3, 0.4) is 0 Å². The van der Waals surface area contributed by atoms with Crippen molar-refractivity contribution >= 4 is 74.5 Å². The van der Waals surface area contributed by atoms with Gasteiger partial charge in [0.2, 0.25) is 0 Å².